The predicted octanol–water partition coefficient (Wildman–Crippen LogP) is 2.35. The Morgan fingerprint density at radius 2 is 2.06 bits per heavy atom. The third-order valence-corrected chi connectivity index (χ3v) is 3.86. The van der Waals surface area contributed by atoms with E-state index < -0.39 is 0 Å². The Balaban J connectivity index is 2.25. The Hall–Kier alpha value is -1.30. The molecule has 4 nitrogen and oxygen atoms in total. The van der Waals surface area contributed by atoms with Gasteiger partial charge in [-0.1, -0.05) is 42.1 Å². The maximum absolute atomic E-state index is 5.66. The first-order chi connectivity index (χ1) is 8.76. The zero-order valence-corrected chi connectivity index (χ0v) is 11.5. The van der Waals surface area contributed by atoms with Gasteiger partial charge in [-0.05, 0) is 36.0 Å². The van der Waals surface area contributed by atoms with Gasteiger partial charge in [-0.3, -0.25) is 5.84 Å². The van der Waals surface area contributed by atoms with Gasteiger partial charge in [0.2, 0.25) is 0 Å². The molecule has 0 aliphatic rings. The van der Waals surface area contributed by atoms with Gasteiger partial charge in [0.15, 0.2) is 0 Å². The number of hydrogen-bond donors (Lipinski definition) is 2. The van der Waals surface area contributed by atoms with Crippen LogP contribution in [0.5, 0.6) is 0 Å². The van der Waals surface area contributed by atoms with Crippen LogP contribution in [0.1, 0.15) is 41.1 Å². The third kappa shape index (κ3) is 2.75. The minimum absolute atomic E-state index is 0.0272. The molecular weight excluding hydrogens is 244 g/mol. The number of nitrogens with one attached hydrogen (secondary N) is 1. The van der Waals surface area contributed by atoms with E-state index in [4.69, 9.17) is 5.84 Å². The van der Waals surface area contributed by atoms with Gasteiger partial charge >= 0.3 is 0 Å². The van der Waals surface area contributed by atoms with E-state index >= 15 is 0 Å². The number of nitrogens with two attached hydrogens (primary N) is 1. The Morgan fingerprint density at radius 1 is 1.33 bits per heavy atom. The second kappa shape index (κ2) is 6.04. The smallest absolute Gasteiger partial charge is 0.0837 e. The monoisotopic (exact) mass is 262 g/mol. The highest BCUT2D eigenvalue weighted by molar-refractivity contribution is 7.05. The van der Waals surface area contributed by atoms with Crippen LogP contribution in [0.15, 0.2) is 24.3 Å². The van der Waals surface area contributed by atoms with Crippen LogP contribution in [0.25, 0.3) is 0 Å². The van der Waals surface area contributed by atoms with Crippen molar-refractivity contribution in [2.75, 3.05) is 0 Å². The van der Waals surface area contributed by atoms with E-state index in [0.717, 1.165) is 29.0 Å². The van der Waals surface area contributed by atoms with Crippen molar-refractivity contribution >= 4 is 11.5 Å². The normalized spacial score (nSPS) is 12.6. The highest BCUT2D eigenvalue weighted by Gasteiger charge is 2.17. The quantitative estimate of drug-likeness (QED) is 0.641. The van der Waals surface area contributed by atoms with Crippen LogP contribution in [0.2, 0.25) is 0 Å². The number of nitrogens with zero attached hydrogens (tertiary/aromatic N) is 2. The third-order valence-electron chi connectivity index (χ3n) is 2.97. The first-order valence-corrected chi connectivity index (χ1v) is 6.87. The number of benzene rings is 1. The fourth-order valence-electron chi connectivity index (χ4n) is 1.99. The Labute approximate surface area is 111 Å². The standard InChI is InChI=1S/C13H18N4S/c1-3-4-10-5-7-11(8-6-10)12(15-14)13-9(2)16-17-18-13/h5-8,12,15H,3-4,14H2,1-2H3. The molecule has 18 heavy (non-hydrogen) atoms. The second-order valence-electron chi connectivity index (χ2n) is 4.31. The molecule has 0 radical (unpaired) electrons. The van der Waals surface area contributed by atoms with Gasteiger partial charge in [0.05, 0.1) is 16.6 Å². The van der Waals surface area contributed by atoms with Crippen molar-refractivity contribution in [3.8, 4) is 0 Å². The number of aromatic nitrogens is 2. The molecule has 3 N–H and O–H groups in total. The summed E-state index contributed by atoms with van der Waals surface area (Å²) < 4.78 is 3.96. The number of rotatable bonds is 5. The molecule has 0 bridgehead atoms. The van der Waals surface area contributed by atoms with Crippen molar-refractivity contribution in [3.63, 3.8) is 0 Å². The van der Waals surface area contributed by atoms with Gasteiger partial charge in [0, 0.05) is 0 Å². The summed E-state index contributed by atoms with van der Waals surface area (Å²) in [4.78, 5) is 1.07. The molecule has 0 fully saturated rings. The largest absolute Gasteiger partial charge is 0.271 e. The van der Waals surface area contributed by atoms with Gasteiger partial charge in [-0.25, -0.2) is 5.43 Å². The van der Waals surface area contributed by atoms with Crippen molar-refractivity contribution in [2.24, 2.45) is 5.84 Å². The number of hydrogen-bond acceptors (Lipinski definition) is 5. The minimum atomic E-state index is -0.0272. The molecule has 0 spiro atoms. The van der Waals surface area contributed by atoms with Crippen LogP contribution in [0.4, 0.5) is 0 Å². The van der Waals surface area contributed by atoms with Crippen LogP contribution >= 0.6 is 11.5 Å². The fraction of sp³-hybridized carbons (Fsp3) is 0.385. The zero-order valence-electron chi connectivity index (χ0n) is 10.7. The lowest BCUT2D eigenvalue weighted by Crippen LogP contribution is -2.28. The molecular formula is C13H18N4S. The van der Waals surface area contributed by atoms with Crippen LogP contribution in [-0.4, -0.2) is 9.59 Å². The lowest BCUT2D eigenvalue weighted by Gasteiger charge is -2.15. The molecule has 1 aromatic heterocycles. The molecule has 1 heterocycles. The van der Waals surface area contributed by atoms with Crippen molar-refractivity contribution in [2.45, 2.75) is 32.7 Å². The molecule has 2 rings (SSSR count). The Kier molecular flexibility index (Phi) is 4.41. The molecule has 96 valence electrons. The van der Waals surface area contributed by atoms with Crippen LogP contribution in [0, 0.1) is 6.92 Å². The topological polar surface area (TPSA) is 63.8 Å². The highest BCUT2D eigenvalue weighted by Crippen LogP contribution is 2.26. The molecule has 0 aliphatic heterocycles. The molecule has 0 aliphatic carbocycles. The van der Waals surface area contributed by atoms with E-state index in [1.54, 1.807) is 0 Å². The van der Waals surface area contributed by atoms with Gasteiger partial charge in [0.1, 0.15) is 0 Å². The molecule has 0 saturated heterocycles. The van der Waals surface area contributed by atoms with Gasteiger partial charge in [0.25, 0.3) is 0 Å². The summed E-state index contributed by atoms with van der Waals surface area (Å²) in [7, 11) is 0. The van der Waals surface area contributed by atoms with E-state index in [0.29, 0.717) is 0 Å². The van der Waals surface area contributed by atoms with Crippen molar-refractivity contribution in [1.82, 2.24) is 15.0 Å². The summed E-state index contributed by atoms with van der Waals surface area (Å²) in [5, 5.41) is 4.03. The first kappa shape index (κ1) is 13.1. The summed E-state index contributed by atoms with van der Waals surface area (Å²) >= 11 is 1.39. The summed E-state index contributed by atoms with van der Waals surface area (Å²) in [6, 6.07) is 8.53. The number of aryl methyl sites for hydroxylation is 2. The molecule has 0 amide bonds. The second-order valence-corrected chi connectivity index (χ2v) is 5.10. The van der Waals surface area contributed by atoms with E-state index in [1.165, 1.54) is 17.1 Å². The molecule has 5 heteroatoms. The van der Waals surface area contributed by atoms with E-state index in [9.17, 15) is 0 Å². The van der Waals surface area contributed by atoms with Crippen LogP contribution in [0.3, 0.4) is 0 Å². The van der Waals surface area contributed by atoms with Crippen molar-refractivity contribution < 1.29 is 0 Å². The Morgan fingerprint density at radius 3 is 2.56 bits per heavy atom. The SMILES string of the molecule is CCCc1ccc(C(NN)c2snnc2C)cc1. The summed E-state index contributed by atoms with van der Waals surface area (Å²) in [6.07, 6.45) is 2.28. The predicted molar refractivity (Wildman–Crippen MR) is 74.2 cm³/mol. The zero-order chi connectivity index (χ0) is 13.0. The minimum Gasteiger partial charge on any atom is -0.271 e. The molecule has 2 aromatic rings. The lowest BCUT2D eigenvalue weighted by molar-refractivity contribution is 0.641. The molecule has 1 atom stereocenters. The van der Waals surface area contributed by atoms with Crippen LogP contribution in [-0.2, 0) is 6.42 Å². The Bertz CT molecular complexity index is 492. The maximum Gasteiger partial charge on any atom is 0.0837 e. The number of hydrazine groups is 1. The first-order valence-electron chi connectivity index (χ1n) is 6.10. The maximum atomic E-state index is 5.66. The highest BCUT2D eigenvalue weighted by atomic mass is 32.1. The summed E-state index contributed by atoms with van der Waals surface area (Å²) in [5.41, 5.74) is 6.28. The molecule has 0 saturated carbocycles. The van der Waals surface area contributed by atoms with E-state index in [-0.39, 0.29) is 6.04 Å². The average molecular weight is 262 g/mol. The van der Waals surface area contributed by atoms with Crippen LogP contribution < -0.4 is 11.3 Å². The van der Waals surface area contributed by atoms with Crippen molar-refractivity contribution in [1.29, 1.82) is 0 Å². The summed E-state index contributed by atoms with van der Waals surface area (Å²) in [5.74, 6) is 5.66. The van der Waals surface area contributed by atoms with E-state index in [1.807, 2.05) is 6.92 Å². The van der Waals surface area contributed by atoms with Gasteiger partial charge in [-0.2, -0.15) is 0 Å². The van der Waals surface area contributed by atoms with Gasteiger partial charge < -0.3 is 0 Å². The summed E-state index contributed by atoms with van der Waals surface area (Å²) in [6.45, 7) is 4.14. The van der Waals surface area contributed by atoms with E-state index in [2.05, 4.69) is 46.2 Å². The molecule has 1 aromatic carbocycles. The molecule has 1 unspecified atom stereocenters. The fourth-order valence-corrected chi connectivity index (χ4v) is 2.73. The average Bonchev–Trinajstić information content (AvgIpc) is 2.79. The van der Waals surface area contributed by atoms with Gasteiger partial charge in [-0.15, -0.1) is 5.10 Å². The van der Waals surface area contributed by atoms with Crippen molar-refractivity contribution in [3.05, 3.63) is 46.0 Å². The lowest BCUT2D eigenvalue weighted by atomic mass is 10.0.